The van der Waals surface area contributed by atoms with Crippen molar-refractivity contribution in [2.75, 3.05) is 43.3 Å². The van der Waals surface area contributed by atoms with Crippen molar-refractivity contribution in [1.29, 1.82) is 0 Å². The van der Waals surface area contributed by atoms with Crippen LogP contribution in [0.3, 0.4) is 0 Å². The summed E-state index contributed by atoms with van der Waals surface area (Å²) >= 11 is 0. The number of halogens is 3. The van der Waals surface area contributed by atoms with Crippen LogP contribution in [0.1, 0.15) is 32.9 Å². The Balaban J connectivity index is 1.77. The molecule has 0 saturated heterocycles. The SMILES string of the molecule is [13CH3]N([13CH3])c1nc(Cc2ccc(NC(=O)c3ccc(C(F)(F)F)cc3)cc2)nc(N([13CH3])[13CH3])c1CC(=O)O. The molecule has 1 heterocycles. The minimum Gasteiger partial charge on any atom is -0.481 e. The zero-order chi connectivity index (χ0) is 26.6. The summed E-state index contributed by atoms with van der Waals surface area (Å²) in [6.07, 6.45) is -4.32. The lowest BCUT2D eigenvalue weighted by atomic mass is 10.1. The highest BCUT2D eigenvalue weighted by Crippen LogP contribution is 2.29. The lowest BCUT2D eigenvalue weighted by Crippen LogP contribution is -2.22. The summed E-state index contributed by atoms with van der Waals surface area (Å²) in [6.45, 7) is 0. The third-order valence-electron chi connectivity index (χ3n) is 5.23. The van der Waals surface area contributed by atoms with Gasteiger partial charge in [-0.15, -0.1) is 0 Å². The second kappa shape index (κ2) is 10.6. The van der Waals surface area contributed by atoms with E-state index in [4.69, 9.17) is 0 Å². The van der Waals surface area contributed by atoms with Crippen molar-refractivity contribution in [3.05, 3.63) is 76.6 Å². The Morgan fingerprint density at radius 3 is 1.86 bits per heavy atom. The van der Waals surface area contributed by atoms with Crippen LogP contribution < -0.4 is 15.1 Å². The number of carboxylic acids is 1. The van der Waals surface area contributed by atoms with Gasteiger partial charge in [0.2, 0.25) is 0 Å². The third-order valence-corrected chi connectivity index (χ3v) is 5.23. The number of nitrogens with one attached hydrogen (secondary N) is 1. The molecule has 0 atom stereocenters. The highest BCUT2D eigenvalue weighted by Gasteiger charge is 2.30. The number of nitrogens with zero attached hydrogens (tertiary/aromatic N) is 4. The number of alkyl halides is 3. The molecule has 2 aromatic carbocycles. The maximum atomic E-state index is 12.7. The number of benzene rings is 2. The highest BCUT2D eigenvalue weighted by molar-refractivity contribution is 6.04. The van der Waals surface area contributed by atoms with Crippen molar-refractivity contribution >= 4 is 29.2 Å². The van der Waals surface area contributed by atoms with E-state index in [1.54, 1.807) is 62.3 Å². The zero-order valence-corrected chi connectivity index (χ0v) is 20.2. The van der Waals surface area contributed by atoms with Crippen LogP contribution in [0.15, 0.2) is 48.5 Å². The molecule has 1 aromatic heterocycles. The summed E-state index contributed by atoms with van der Waals surface area (Å²) in [7, 11) is 7.13. The van der Waals surface area contributed by atoms with Crippen LogP contribution >= 0.6 is 0 Å². The van der Waals surface area contributed by atoms with E-state index in [0.29, 0.717) is 35.1 Å². The van der Waals surface area contributed by atoms with E-state index >= 15 is 0 Å². The van der Waals surface area contributed by atoms with Gasteiger partial charge in [-0.1, -0.05) is 12.1 Å². The van der Waals surface area contributed by atoms with Gasteiger partial charge >= 0.3 is 12.1 Å². The molecule has 2 N–H and O–H groups in total. The summed E-state index contributed by atoms with van der Waals surface area (Å²) in [4.78, 5) is 36.4. The minimum atomic E-state index is -4.47. The molecule has 1 amide bonds. The number of aliphatic carboxylic acids is 1. The molecule has 0 aliphatic heterocycles. The largest absolute Gasteiger partial charge is 0.481 e. The summed E-state index contributed by atoms with van der Waals surface area (Å²) < 4.78 is 38.1. The number of hydrogen-bond acceptors (Lipinski definition) is 6. The molecule has 190 valence electrons. The average molecular weight is 505 g/mol. The quantitative estimate of drug-likeness (QED) is 0.445. The fourth-order valence-corrected chi connectivity index (χ4v) is 3.54. The van der Waals surface area contributed by atoms with E-state index in [-0.39, 0.29) is 12.0 Å². The molecule has 0 spiro atoms. The van der Waals surface area contributed by atoms with Crippen molar-refractivity contribution in [2.45, 2.75) is 19.0 Å². The first-order chi connectivity index (χ1) is 16.8. The number of carbonyl (C=O) groups excluding carboxylic acids is 1. The van der Waals surface area contributed by atoms with Gasteiger partial charge in [0, 0.05) is 51.4 Å². The van der Waals surface area contributed by atoms with Crippen LogP contribution in [0.4, 0.5) is 30.5 Å². The lowest BCUT2D eigenvalue weighted by molar-refractivity contribution is -0.138. The number of amides is 1. The molecule has 0 aliphatic carbocycles. The van der Waals surface area contributed by atoms with Crippen LogP contribution in [0, 0.1) is 0 Å². The topological polar surface area (TPSA) is 98.7 Å². The van der Waals surface area contributed by atoms with Crippen LogP contribution in [0.2, 0.25) is 0 Å². The standard InChI is InChI=1S/C25H26F3N5O3/c1-32(2)22-19(14-21(34)35)23(33(3)4)31-20(30-22)13-15-5-11-18(12-6-15)29-24(36)16-7-9-17(10-8-16)25(26,27)28/h5-12H,13-14H2,1-4H3,(H,29,36)(H,34,35)/i1+1,2+1,3+1,4+1. The molecular weight excluding hydrogens is 479 g/mol. The molecule has 8 nitrogen and oxygen atoms in total. The van der Waals surface area contributed by atoms with E-state index in [1.807, 2.05) is 0 Å². The Labute approximate surface area is 206 Å². The van der Waals surface area contributed by atoms with Crippen LogP contribution in [-0.2, 0) is 23.8 Å². The number of anilines is 3. The molecule has 11 heteroatoms. The molecule has 0 radical (unpaired) electrons. The smallest absolute Gasteiger partial charge is 0.416 e. The fraction of sp³-hybridized carbons (Fsp3) is 0.280. The molecular formula is C25H26F3N5O3. The van der Waals surface area contributed by atoms with Crippen LogP contribution in [0.25, 0.3) is 0 Å². The van der Waals surface area contributed by atoms with Crippen LogP contribution in [0.5, 0.6) is 0 Å². The van der Waals surface area contributed by atoms with E-state index in [2.05, 4.69) is 15.3 Å². The Morgan fingerprint density at radius 1 is 0.889 bits per heavy atom. The molecule has 3 rings (SSSR count). The fourth-order valence-electron chi connectivity index (χ4n) is 3.54. The number of carboxylic acid groups (broad SMARTS) is 1. The number of aromatic nitrogens is 2. The van der Waals surface area contributed by atoms with Crippen molar-refractivity contribution in [3.63, 3.8) is 0 Å². The Hall–Kier alpha value is -4.15. The molecule has 0 bridgehead atoms. The Morgan fingerprint density at radius 2 is 1.42 bits per heavy atom. The highest BCUT2D eigenvalue weighted by atomic mass is 19.4. The summed E-state index contributed by atoms with van der Waals surface area (Å²) in [6, 6.07) is 10.9. The minimum absolute atomic E-state index is 0.106. The first kappa shape index (κ1) is 26.5. The van der Waals surface area contributed by atoms with Gasteiger partial charge in [0.25, 0.3) is 5.91 Å². The van der Waals surface area contributed by atoms with E-state index in [9.17, 15) is 27.9 Å². The van der Waals surface area contributed by atoms with Gasteiger partial charge in [0.15, 0.2) is 0 Å². The molecule has 0 aliphatic rings. The van der Waals surface area contributed by atoms with E-state index in [1.165, 1.54) is 0 Å². The molecule has 0 fully saturated rings. The summed E-state index contributed by atoms with van der Waals surface area (Å²) in [5.41, 5.74) is 1.13. The van der Waals surface area contributed by atoms with Gasteiger partial charge in [-0.05, 0) is 42.0 Å². The average Bonchev–Trinajstić information content (AvgIpc) is 2.80. The van der Waals surface area contributed by atoms with Gasteiger partial charge in [0.05, 0.1) is 12.0 Å². The maximum Gasteiger partial charge on any atom is 0.416 e. The van der Waals surface area contributed by atoms with Crippen molar-refractivity contribution < 1.29 is 27.9 Å². The van der Waals surface area contributed by atoms with Gasteiger partial charge in [-0.2, -0.15) is 13.2 Å². The molecule has 3 aromatic rings. The zero-order valence-electron chi connectivity index (χ0n) is 20.2. The van der Waals surface area contributed by atoms with E-state index in [0.717, 1.165) is 29.8 Å². The van der Waals surface area contributed by atoms with Gasteiger partial charge < -0.3 is 20.2 Å². The van der Waals surface area contributed by atoms with Gasteiger partial charge in [-0.25, -0.2) is 9.97 Å². The van der Waals surface area contributed by atoms with Gasteiger partial charge in [-0.3, -0.25) is 9.59 Å². The van der Waals surface area contributed by atoms with Gasteiger partial charge in [0.1, 0.15) is 17.5 Å². The van der Waals surface area contributed by atoms with E-state index < -0.39 is 23.6 Å². The monoisotopic (exact) mass is 505 g/mol. The first-order valence-electron chi connectivity index (χ1n) is 10.9. The number of rotatable bonds is 8. The number of carbonyl (C=O) groups is 2. The Kier molecular flexibility index (Phi) is 7.81. The molecule has 36 heavy (non-hydrogen) atoms. The summed E-state index contributed by atoms with van der Waals surface area (Å²) in [5, 5.41) is 12.0. The summed E-state index contributed by atoms with van der Waals surface area (Å²) in [5.74, 6) is 0.0303. The normalized spacial score (nSPS) is 11.2. The lowest BCUT2D eigenvalue weighted by Gasteiger charge is -2.22. The van der Waals surface area contributed by atoms with Crippen molar-refractivity contribution in [2.24, 2.45) is 0 Å². The first-order valence-corrected chi connectivity index (χ1v) is 10.9. The number of hydrogen-bond donors (Lipinski definition) is 2. The van der Waals surface area contributed by atoms with Crippen LogP contribution in [-0.4, -0.2) is 55.1 Å². The second-order valence-corrected chi connectivity index (χ2v) is 8.53. The molecule has 0 saturated carbocycles. The molecule has 0 unspecified atom stereocenters. The Bertz CT molecular complexity index is 1210. The second-order valence-electron chi connectivity index (χ2n) is 8.53. The van der Waals surface area contributed by atoms with Crippen molar-refractivity contribution in [3.8, 4) is 0 Å². The van der Waals surface area contributed by atoms with Crippen molar-refractivity contribution in [1.82, 2.24) is 9.97 Å². The predicted molar refractivity (Wildman–Crippen MR) is 131 cm³/mol. The third kappa shape index (κ3) is 6.49. The predicted octanol–water partition coefficient (Wildman–Crippen LogP) is 4.10. The maximum absolute atomic E-state index is 12.7.